The third-order valence-electron chi connectivity index (χ3n) is 6.61. The summed E-state index contributed by atoms with van der Waals surface area (Å²) in [4.78, 5) is 19.2. The second-order valence-electron chi connectivity index (χ2n) is 9.04. The predicted molar refractivity (Wildman–Crippen MR) is 120 cm³/mol. The summed E-state index contributed by atoms with van der Waals surface area (Å²) in [5, 5.41) is 6.93. The van der Waals surface area contributed by atoms with Gasteiger partial charge in [-0.3, -0.25) is 9.79 Å². The first-order valence-electron chi connectivity index (χ1n) is 11.7. The lowest BCUT2D eigenvalue weighted by Gasteiger charge is -2.26. The lowest BCUT2D eigenvalue weighted by molar-refractivity contribution is -0.135. The number of carbonyl (C=O) groups is 1. The van der Waals surface area contributed by atoms with Crippen LogP contribution in [0.1, 0.15) is 56.9 Å². The van der Waals surface area contributed by atoms with Crippen molar-refractivity contribution in [2.24, 2.45) is 16.8 Å². The van der Waals surface area contributed by atoms with E-state index in [-0.39, 0.29) is 12.0 Å². The number of hydrogen-bond acceptors (Lipinski definition) is 3. The van der Waals surface area contributed by atoms with Crippen molar-refractivity contribution in [1.29, 1.82) is 0 Å². The molecule has 1 heterocycles. The topological polar surface area (TPSA) is 66.0 Å². The van der Waals surface area contributed by atoms with Gasteiger partial charge in [-0.15, -0.1) is 0 Å². The first kappa shape index (κ1) is 21.0. The Morgan fingerprint density at radius 1 is 1.13 bits per heavy atom. The molecule has 6 heteroatoms. The summed E-state index contributed by atoms with van der Waals surface area (Å²) in [6.45, 7) is 3.10. The van der Waals surface area contributed by atoms with E-state index in [1.807, 2.05) is 18.2 Å². The summed E-state index contributed by atoms with van der Waals surface area (Å²) in [5.74, 6) is 3.09. The Balaban J connectivity index is 1.25. The normalized spacial score (nSPS) is 22.8. The van der Waals surface area contributed by atoms with Gasteiger partial charge in [-0.2, -0.15) is 0 Å². The molecule has 0 spiro atoms. The van der Waals surface area contributed by atoms with Gasteiger partial charge >= 0.3 is 0 Å². The van der Waals surface area contributed by atoms with Crippen LogP contribution in [0, 0.1) is 11.8 Å². The van der Waals surface area contributed by atoms with E-state index < -0.39 is 0 Å². The van der Waals surface area contributed by atoms with Crippen molar-refractivity contribution in [2.75, 3.05) is 26.7 Å². The van der Waals surface area contributed by atoms with E-state index in [0.29, 0.717) is 12.5 Å². The Morgan fingerprint density at radius 2 is 1.93 bits per heavy atom. The number of aliphatic imine (C=N–C) groups is 1. The Kier molecular flexibility index (Phi) is 7.13. The molecular weight excluding hydrogens is 376 g/mol. The fraction of sp³-hybridized carbons (Fsp3) is 0.667. The van der Waals surface area contributed by atoms with Crippen LogP contribution < -0.4 is 15.4 Å². The van der Waals surface area contributed by atoms with Crippen molar-refractivity contribution in [3.05, 3.63) is 29.8 Å². The minimum Gasteiger partial charge on any atom is -0.493 e. The summed E-state index contributed by atoms with van der Waals surface area (Å²) in [6.07, 6.45) is 9.38. The molecule has 1 aromatic rings. The highest BCUT2D eigenvalue weighted by atomic mass is 16.5. The molecule has 0 bridgehead atoms. The van der Waals surface area contributed by atoms with Gasteiger partial charge in [-0.05, 0) is 44.1 Å². The van der Waals surface area contributed by atoms with Crippen LogP contribution in [0.25, 0.3) is 0 Å². The second-order valence-corrected chi connectivity index (χ2v) is 9.04. The number of hydrogen-bond donors (Lipinski definition) is 2. The third-order valence-corrected chi connectivity index (χ3v) is 6.61. The van der Waals surface area contributed by atoms with Crippen LogP contribution in [0.5, 0.6) is 5.75 Å². The smallest absolute Gasteiger partial charge is 0.225 e. The Hall–Kier alpha value is -2.24. The number of ether oxygens (including phenoxy) is 1. The van der Waals surface area contributed by atoms with Gasteiger partial charge in [0.25, 0.3) is 0 Å². The molecule has 0 radical (unpaired) electrons. The van der Waals surface area contributed by atoms with Crippen molar-refractivity contribution in [3.63, 3.8) is 0 Å². The summed E-state index contributed by atoms with van der Waals surface area (Å²) in [6, 6.07) is 8.47. The Labute approximate surface area is 180 Å². The van der Waals surface area contributed by atoms with E-state index in [1.54, 1.807) is 7.05 Å². The number of benzene rings is 1. The number of nitrogens with zero attached hydrogens (tertiary/aromatic N) is 2. The minimum absolute atomic E-state index is 0.252. The zero-order valence-corrected chi connectivity index (χ0v) is 18.2. The monoisotopic (exact) mass is 412 g/mol. The van der Waals surface area contributed by atoms with Crippen molar-refractivity contribution in [3.8, 4) is 5.75 Å². The average Bonchev–Trinajstić information content (AvgIpc) is 3.51. The average molecular weight is 413 g/mol. The van der Waals surface area contributed by atoms with Gasteiger partial charge in [-0.25, -0.2) is 0 Å². The van der Waals surface area contributed by atoms with Crippen LogP contribution in [0.3, 0.4) is 0 Å². The highest BCUT2D eigenvalue weighted by Gasteiger charge is 2.31. The quantitative estimate of drug-likeness (QED) is 0.533. The van der Waals surface area contributed by atoms with E-state index in [9.17, 15) is 4.79 Å². The maximum atomic E-state index is 12.8. The largest absolute Gasteiger partial charge is 0.493 e. The molecule has 6 nitrogen and oxygen atoms in total. The molecule has 2 N–H and O–H groups in total. The van der Waals surface area contributed by atoms with Crippen LogP contribution >= 0.6 is 0 Å². The lowest BCUT2D eigenvalue weighted by Crippen LogP contribution is -2.45. The molecule has 30 heavy (non-hydrogen) atoms. The standard InChI is InChI=1S/C24H36N4O2/c1-25-24(26-15-20-9-5-6-10-22(20)30-17-18-11-12-18)27-21-13-14-28(16-21)23(29)19-7-3-2-4-8-19/h5-6,9-10,18-19,21H,2-4,7-8,11-17H2,1H3,(H2,25,26,27). The second kappa shape index (κ2) is 10.2. The number of guanidine groups is 1. The summed E-state index contributed by atoms with van der Waals surface area (Å²) < 4.78 is 6.01. The molecule has 1 saturated heterocycles. The van der Waals surface area contributed by atoms with E-state index in [2.05, 4.69) is 26.6 Å². The predicted octanol–water partition coefficient (Wildman–Crippen LogP) is 3.32. The lowest BCUT2D eigenvalue weighted by atomic mass is 9.88. The highest BCUT2D eigenvalue weighted by molar-refractivity contribution is 5.81. The van der Waals surface area contributed by atoms with E-state index in [4.69, 9.17) is 4.74 Å². The molecule has 2 aliphatic carbocycles. The number of amides is 1. The molecule has 0 aromatic heterocycles. The number of carbonyl (C=O) groups excluding carboxylic acids is 1. The van der Waals surface area contributed by atoms with Crippen molar-refractivity contribution < 1.29 is 9.53 Å². The summed E-state index contributed by atoms with van der Waals surface area (Å²) in [7, 11) is 1.80. The molecule has 3 aliphatic rings. The van der Waals surface area contributed by atoms with Gasteiger partial charge in [0.15, 0.2) is 5.96 Å². The molecule has 1 amide bonds. The van der Waals surface area contributed by atoms with Gasteiger partial charge in [-0.1, -0.05) is 37.5 Å². The highest BCUT2D eigenvalue weighted by Crippen LogP contribution is 2.30. The van der Waals surface area contributed by atoms with Crippen molar-refractivity contribution in [2.45, 2.75) is 64.0 Å². The fourth-order valence-corrected chi connectivity index (χ4v) is 4.54. The Morgan fingerprint density at radius 3 is 2.70 bits per heavy atom. The maximum Gasteiger partial charge on any atom is 0.225 e. The molecule has 164 valence electrons. The molecule has 3 fully saturated rings. The van der Waals surface area contributed by atoms with Crippen molar-refractivity contribution >= 4 is 11.9 Å². The summed E-state index contributed by atoms with van der Waals surface area (Å²) >= 11 is 0. The number of likely N-dealkylation sites (tertiary alicyclic amines) is 1. The minimum atomic E-state index is 0.252. The number of para-hydroxylation sites is 1. The SMILES string of the molecule is CN=C(NCc1ccccc1OCC1CC1)NC1CCN(C(=O)C2CCCCC2)C1. The van der Waals surface area contributed by atoms with E-state index in [0.717, 1.165) is 62.1 Å². The molecule has 1 atom stereocenters. The van der Waals surface area contributed by atoms with Crippen LogP contribution in [-0.4, -0.2) is 49.6 Å². The molecule has 1 aliphatic heterocycles. The molecule has 2 saturated carbocycles. The zero-order valence-electron chi connectivity index (χ0n) is 18.2. The van der Waals surface area contributed by atoms with Gasteiger partial charge in [0.1, 0.15) is 5.75 Å². The van der Waals surface area contributed by atoms with Gasteiger partial charge < -0.3 is 20.3 Å². The summed E-state index contributed by atoms with van der Waals surface area (Å²) in [5.41, 5.74) is 1.14. The Bertz CT molecular complexity index is 740. The first-order chi connectivity index (χ1) is 14.7. The van der Waals surface area contributed by atoms with Crippen LogP contribution in [0.2, 0.25) is 0 Å². The molecule has 1 unspecified atom stereocenters. The van der Waals surface area contributed by atoms with E-state index in [1.165, 1.54) is 32.1 Å². The van der Waals surface area contributed by atoms with Gasteiger partial charge in [0.05, 0.1) is 6.61 Å². The van der Waals surface area contributed by atoms with Crippen LogP contribution in [-0.2, 0) is 11.3 Å². The molecule has 1 aromatic carbocycles. The fourth-order valence-electron chi connectivity index (χ4n) is 4.54. The van der Waals surface area contributed by atoms with E-state index >= 15 is 0 Å². The van der Waals surface area contributed by atoms with Crippen LogP contribution in [0.4, 0.5) is 0 Å². The van der Waals surface area contributed by atoms with Gasteiger partial charge in [0.2, 0.25) is 5.91 Å². The maximum absolute atomic E-state index is 12.8. The molecular formula is C24H36N4O2. The zero-order chi connectivity index (χ0) is 20.8. The van der Waals surface area contributed by atoms with Gasteiger partial charge in [0, 0.05) is 44.2 Å². The third kappa shape index (κ3) is 5.67. The first-order valence-corrected chi connectivity index (χ1v) is 11.7. The van der Waals surface area contributed by atoms with Crippen LogP contribution in [0.15, 0.2) is 29.3 Å². The number of nitrogens with one attached hydrogen (secondary N) is 2. The molecule has 4 rings (SSSR count). The van der Waals surface area contributed by atoms with Crippen molar-refractivity contribution in [1.82, 2.24) is 15.5 Å². The number of rotatable bonds is 7.